The standard InChI is InChI=1S/C12H14O4Se/c1-12(10(13)15-2,11(14)16-3)17-9-7-5-4-6-8-9/h4-8H,1-3H3. The molecule has 1 rings (SSSR count). The maximum atomic E-state index is 11.7. The van der Waals surface area contributed by atoms with Gasteiger partial charge in [0.1, 0.15) is 0 Å². The van der Waals surface area contributed by atoms with Crippen molar-refractivity contribution in [1.29, 1.82) is 0 Å². The average Bonchev–Trinajstić information content (AvgIpc) is 2.37. The third kappa shape index (κ3) is 3.08. The number of methoxy groups -OCH3 is 2. The molecule has 1 aromatic carbocycles. The number of carbonyl (C=O) groups excluding carboxylic acids is 2. The molecule has 4 nitrogen and oxygen atoms in total. The molecule has 17 heavy (non-hydrogen) atoms. The van der Waals surface area contributed by atoms with Gasteiger partial charge in [0.05, 0.1) is 0 Å². The summed E-state index contributed by atoms with van der Waals surface area (Å²) in [4.78, 5) is 23.5. The van der Waals surface area contributed by atoms with Crippen LogP contribution >= 0.6 is 0 Å². The van der Waals surface area contributed by atoms with Crippen molar-refractivity contribution in [3.63, 3.8) is 0 Å². The minimum absolute atomic E-state index is 0.381. The van der Waals surface area contributed by atoms with Gasteiger partial charge in [0, 0.05) is 0 Å². The van der Waals surface area contributed by atoms with E-state index in [2.05, 4.69) is 9.47 Å². The molecule has 0 aliphatic rings. The third-order valence-electron chi connectivity index (χ3n) is 2.22. The molecule has 0 atom stereocenters. The summed E-state index contributed by atoms with van der Waals surface area (Å²) in [5, 5.41) is 0. The Morgan fingerprint density at radius 2 is 1.53 bits per heavy atom. The third-order valence-corrected chi connectivity index (χ3v) is 4.84. The Hall–Kier alpha value is -1.32. The Bertz CT molecular complexity index is 386. The van der Waals surface area contributed by atoms with Gasteiger partial charge in [-0.25, -0.2) is 0 Å². The maximum absolute atomic E-state index is 11.7. The van der Waals surface area contributed by atoms with Crippen LogP contribution in [0.1, 0.15) is 6.92 Å². The first kappa shape index (κ1) is 13.7. The van der Waals surface area contributed by atoms with Crippen molar-refractivity contribution in [2.24, 2.45) is 0 Å². The van der Waals surface area contributed by atoms with Gasteiger partial charge in [0.2, 0.25) is 0 Å². The van der Waals surface area contributed by atoms with Crippen LogP contribution in [0.4, 0.5) is 0 Å². The van der Waals surface area contributed by atoms with E-state index in [1.165, 1.54) is 14.2 Å². The molecule has 0 heterocycles. The Balaban J connectivity index is 3.00. The molecule has 92 valence electrons. The molecule has 0 fully saturated rings. The fraction of sp³-hybridized carbons (Fsp3) is 0.333. The van der Waals surface area contributed by atoms with Gasteiger partial charge < -0.3 is 0 Å². The second kappa shape index (κ2) is 5.84. The van der Waals surface area contributed by atoms with Crippen LogP contribution in [0.3, 0.4) is 0 Å². The molecule has 0 N–H and O–H groups in total. The van der Waals surface area contributed by atoms with Gasteiger partial charge in [-0.1, -0.05) is 0 Å². The van der Waals surface area contributed by atoms with Gasteiger partial charge in [-0.15, -0.1) is 0 Å². The first-order valence-corrected chi connectivity index (χ1v) is 6.66. The van der Waals surface area contributed by atoms with Gasteiger partial charge in [0.25, 0.3) is 0 Å². The summed E-state index contributed by atoms with van der Waals surface area (Å²) < 4.78 is 9.08. The molecule has 0 radical (unpaired) electrons. The van der Waals surface area contributed by atoms with Crippen molar-refractivity contribution in [3.8, 4) is 0 Å². The fourth-order valence-electron chi connectivity index (χ4n) is 1.28. The molecular weight excluding hydrogens is 287 g/mol. The molecule has 1 aromatic rings. The Morgan fingerprint density at radius 3 is 1.94 bits per heavy atom. The average molecular weight is 301 g/mol. The van der Waals surface area contributed by atoms with Gasteiger partial charge in [-0.05, 0) is 0 Å². The Kier molecular flexibility index (Phi) is 4.72. The van der Waals surface area contributed by atoms with Crippen molar-refractivity contribution in [2.45, 2.75) is 11.2 Å². The summed E-state index contributed by atoms with van der Waals surface area (Å²) >= 11 is -0.381. The molecule has 0 saturated carbocycles. The summed E-state index contributed by atoms with van der Waals surface area (Å²) in [6, 6.07) is 9.37. The van der Waals surface area contributed by atoms with Crippen molar-refractivity contribution < 1.29 is 19.1 Å². The van der Waals surface area contributed by atoms with E-state index < -0.39 is 16.3 Å². The zero-order chi connectivity index (χ0) is 12.9. The summed E-state index contributed by atoms with van der Waals surface area (Å²) in [5.74, 6) is -1.12. The van der Waals surface area contributed by atoms with Crippen LogP contribution < -0.4 is 4.46 Å². The number of carbonyl (C=O) groups is 2. The number of ether oxygens (including phenoxy) is 2. The second-order valence-corrected chi connectivity index (χ2v) is 6.56. The molecular formula is C12H14O4Se. The number of esters is 2. The van der Waals surface area contributed by atoms with Crippen LogP contribution in [0.15, 0.2) is 30.3 Å². The first-order valence-electron chi connectivity index (χ1n) is 4.95. The molecule has 0 unspecified atom stereocenters. The van der Waals surface area contributed by atoms with Gasteiger partial charge >= 0.3 is 106 Å². The van der Waals surface area contributed by atoms with E-state index in [-0.39, 0.29) is 15.0 Å². The second-order valence-electron chi connectivity index (χ2n) is 3.43. The first-order chi connectivity index (χ1) is 8.04. The molecule has 0 amide bonds. The van der Waals surface area contributed by atoms with Crippen LogP contribution in [0.5, 0.6) is 0 Å². The quantitative estimate of drug-likeness (QED) is 0.463. The minimum atomic E-state index is -1.24. The molecule has 0 saturated heterocycles. The predicted molar refractivity (Wildman–Crippen MR) is 64.2 cm³/mol. The number of hydrogen-bond acceptors (Lipinski definition) is 4. The number of hydrogen-bond donors (Lipinski definition) is 0. The van der Waals surface area contributed by atoms with Crippen LogP contribution in [-0.4, -0.2) is 41.1 Å². The van der Waals surface area contributed by atoms with E-state index in [1.54, 1.807) is 6.92 Å². The molecule has 0 aromatic heterocycles. The van der Waals surface area contributed by atoms with Gasteiger partial charge in [0.15, 0.2) is 0 Å². The summed E-state index contributed by atoms with van der Waals surface area (Å²) in [5.41, 5.74) is 0. The van der Waals surface area contributed by atoms with Crippen molar-refractivity contribution in [3.05, 3.63) is 30.3 Å². The molecule has 0 aliphatic heterocycles. The number of rotatable bonds is 4. The Morgan fingerprint density at radius 1 is 1.06 bits per heavy atom. The van der Waals surface area contributed by atoms with E-state index >= 15 is 0 Å². The van der Waals surface area contributed by atoms with E-state index in [9.17, 15) is 9.59 Å². The van der Waals surface area contributed by atoms with E-state index in [1.807, 2.05) is 30.3 Å². The normalized spacial score (nSPS) is 10.8. The molecule has 5 heteroatoms. The van der Waals surface area contributed by atoms with Crippen molar-refractivity contribution >= 4 is 31.4 Å². The van der Waals surface area contributed by atoms with E-state index in [0.717, 1.165) is 4.46 Å². The summed E-state index contributed by atoms with van der Waals surface area (Å²) in [6.45, 7) is 1.55. The number of benzene rings is 1. The summed E-state index contributed by atoms with van der Waals surface area (Å²) in [7, 11) is 2.54. The predicted octanol–water partition coefficient (Wildman–Crippen LogP) is 0.541. The van der Waals surface area contributed by atoms with Crippen molar-refractivity contribution in [2.75, 3.05) is 14.2 Å². The summed E-state index contributed by atoms with van der Waals surface area (Å²) in [6.07, 6.45) is 0. The molecule has 0 aliphatic carbocycles. The van der Waals surface area contributed by atoms with E-state index in [0.29, 0.717) is 0 Å². The molecule has 0 bridgehead atoms. The molecule has 0 spiro atoms. The Labute approximate surface area is 106 Å². The van der Waals surface area contributed by atoms with Crippen molar-refractivity contribution in [1.82, 2.24) is 0 Å². The van der Waals surface area contributed by atoms with Gasteiger partial charge in [-0.2, -0.15) is 0 Å². The van der Waals surface area contributed by atoms with Crippen LogP contribution in [0.25, 0.3) is 0 Å². The van der Waals surface area contributed by atoms with Crippen LogP contribution in [-0.2, 0) is 19.1 Å². The SMILES string of the molecule is COC(=O)C(C)([Se]c1ccccc1)C(=O)OC. The fourth-order valence-corrected chi connectivity index (χ4v) is 3.58. The van der Waals surface area contributed by atoms with Crippen LogP contribution in [0.2, 0.25) is 4.31 Å². The van der Waals surface area contributed by atoms with Gasteiger partial charge in [-0.3, -0.25) is 0 Å². The monoisotopic (exact) mass is 302 g/mol. The zero-order valence-electron chi connectivity index (χ0n) is 9.93. The topological polar surface area (TPSA) is 52.6 Å². The van der Waals surface area contributed by atoms with E-state index in [4.69, 9.17) is 0 Å². The van der Waals surface area contributed by atoms with Crippen LogP contribution in [0, 0.1) is 0 Å². The zero-order valence-corrected chi connectivity index (χ0v) is 11.6.